The molecule has 0 fully saturated rings. The van der Waals surface area contributed by atoms with Crippen molar-refractivity contribution in [2.45, 2.75) is 0 Å². The Labute approximate surface area is 377 Å². The molecule has 3 nitrogen and oxygen atoms in total. The third-order valence-electron chi connectivity index (χ3n) is 13.4. The molecule has 2 heterocycles. The first-order valence-electron chi connectivity index (χ1n) is 22.1. The van der Waals surface area contributed by atoms with Crippen molar-refractivity contribution in [3.63, 3.8) is 0 Å². The fourth-order valence-electron chi connectivity index (χ4n) is 10.5. The van der Waals surface area contributed by atoms with Gasteiger partial charge in [-0.05, 0) is 111 Å². The predicted octanol–water partition coefficient (Wildman–Crippen LogP) is 16.9. The zero-order chi connectivity index (χ0) is 42.6. The third-order valence-corrected chi connectivity index (χ3v) is 14.6. The summed E-state index contributed by atoms with van der Waals surface area (Å²) in [4.78, 5) is 15.7. The molecule has 14 rings (SSSR count). The van der Waals surface area contributed by atoms with Gasteiger partial charge in [-0.1, -0.05) is 188 Å². The predicted molar refractivity (Wildman–Crippen MR) is 276 cm³/mol. The van der Waals surface area contributed by atoms with Crippen LogP contribution in [0.5, 0.6) is 0 Å². The van der Waals surface area contributed by atoms with Gasteiger partial charge >= 0.3 is 0 Å². The molecule has 0 aliphatic carbocycles. The van der Waals surface area contributed by atoms with Gasteiger partial charge in [-0.2, -0.15) is 0 Å². The van der Waals surface area contributed by atoms with E-state index in [1.54, 1.807) is 11.3 Å². The van der Waals surface area contributed by atoms with E-state index in [4.69, 9.17) is 15.0 Å². The molecule has 4 heteroatoms. The summed E-state index contributed by atoms with van der Waals surface area (Å²) in [6.45, 7) is 0. The molecule has 65 heavy (non-hydrogen) atoms. The van der Waals surface area contributed by atoms with Crippen LogP contribution in [0.15, 0.2) is 212 Å². The molecule has 0 bridgehead atoms. The second kappa shape index (κ2) is 14.1. The van der Waals surface area contributed by atoms with Crippen LogP contribution in [-0.4, -0.2) is 15.0 Å². The maximum Gasteiger partial charge on any atom is 0.164 e. The van der Waals surface area contributed by atoms with E-state index in [0.29, 0.717) is 17.5 Å². The van der Waals surface area contributed by atoms with E-state index in [0.717, 1.165) is 38.9 Å². The topological polar surface area (TPSA) is 38.7 Å². The molecular formula is C61H35N3S. The maximum absolute atomic E-state index is 5.31. The largest absolute Gasteiger partial charge is 0.208 e. The number of fused-ring (bicyclic) bond motifs is 5. The smallest absolute Gasteiger partial charge is 0.164 e. The summed E-state index contributed by atoms with van der Waals surface area (Å²) < 4.78 is 2.48. The van der Waals surface area contributed by atoms with Crippen molar-refractivity contribution in [1.29, 1.82) is 0 Å². The van der Waals surface area contributed by atoms with Crippen molar-refractivity contribution in [2.24, 2.45) is 0 Å². The van der Waals surface area contributed by atoms with Gasteiger partial charge in [-0.15, -0.1) is 11.3 Å². The molecule has 0 saturated carbocycles. The lowest BCUT2D eigenvalue weighted by molar-refractivity contribution is 1.07. The van der Waals surface area contributed by atoms with Crippen molar-refractivity contribution in [3.8, 4) is 56.4 Å². The van der Waals surface area contributed by atoms with Gasteiger partial charge in [0, 0.05) is 36.9 Å². The van der Waals surface area contributed by atoms with Crippen LogP contribution in [0.1, 0.15) is 0 Å². The lowest BCUT2D eigenvalue weighted by Gasteiger charge is -2.18. The summed E-state index contributed by atoms with van der Waals surface area (Å²) in [6.07, 6.45) is 0. The average Bonchev–Trinajstić information content (AvgIpc) is 3.75. The molecule has 0 unspecified atom stereocenters. The van der Waals surface area contributed by atoms with Crippen LogP contribution < -0.4 is 0 Å². The van der Waals surface area contributed by atoms with Crippen LogP contribution in [-0.2, 0) is 0 Å². The summed E-state index contributed by atoms with van der Waals surface area (Å²) in [5.74, 6) is 1.92. The Hall–Kier alpha value is -8.31. The van der Waals surface area contributed by atoms with Crippen LogP contribution in [0.3, 0.4) is 0 Å². The molecule has 300 valence electrons. The van der Waals surface area contributed by atoms with Gasteiger partial charge in [0.25, 0.3) is 0 Å². The third kappa shape index (κ3) is 5.58. The molecule has 0 amide bonds. The van der Waals surface area contributed by atoms with Crippen molar-refractivity contribution in [3.05, 3.63) is 212 Å². The van der Waals surface area contributed by atoms with Gasteiger partial charge in [0.1, 0.15) is 0 Å². The Morgan fingerprint density at radius 1 is 0.246 bits per heavy atom. The lowest BCUT2D eigenvalue weighted by atomic mass is 9.85. The fraction of sp³-hybridized carbons (Fsp3) is 0. The Morgan fingerprint density at radius 2 is 0.738 bits per heavy atom. The minimum absolute atomic E-state index is 0.634. The van der Waals surface area contributed by atoms with E-state index in [2.05, 4.69) is 194 Å². The molecule has 0 radical (unpaired) electrons. The van der Waals surface area contributed by atoms with Gasteiger partial charge in [0.2, 0.25) is 0 Å². The highest BCUT2D eigenvalue weighted by atomic mass is 32.1. The minimum Gasteiger partial charge on any atom is -0.208 e. The quantitative estimate of drug-likeness (QED) is 0.162. The summed E-state index contributed by atoms with van der Waals surface area (Å²) in [5, 5.41) is 17.8. The summed E-state index contributed by atoms with van der Waals surface area (Å²) in [5.41, 5.74) is 7.33. The summed E-state index contributed by atoms with van der Waals surface area (Å²) in [6, 6.07) is 77.2. The molecular weight excluding hydrogens is 807 g/mol. The Bertz CT molecular complexity index is 4240. The van der Waals surface area contributed by atoms with Crippen LogP contribution in [0.2, 0.25) is 0 Å². The number of aromatic nitrogens is 3. The number of rotatable bonds is 5. The SMILES string of the molecule is c1ccc(-c2nc(-c3ccc4c(c3)sc3ccccc34)nc(-c3ccccc3-c3ccccc3-c3cc4ccc5cccc6c7cccc8ccc9cccc(c(c3)c4c56)c9c87)n2)cc1. The number of benzene rings is 11. The number of hydrogen-bond acceptors (Lipinski definition) is 4. The van der Waals surface area contributed by atoms with Crippen LogP contribution in [0.25, 0.3) is 141 Å². The van der Waals surface area contributed by atoms with Crippen LogP contribution in [0.4, 0.5) is 0 Å². The number of hydrogen-bond donors (Lipinski definition) is 0. The molecule has 0 aliphatic heterocycles. The van der Waals surface area contributed by atoms with E-state index in [9.17, 15) is 0 Å². The van der Waals surface area contributed by atoms with Gasteiger partial charge in [0.05, 0.1) is 0 Å². The maximum atomic E-state index is 5.31. The van der Waals surface area contributed by atoms with Gasteiger partial charge < -0.3 is 0 Å². The first-order chi connectivity index (χ1) is 32.2. The standard InChI is InChI=1S/C61H35N3S/c1-2-13-39(14-3-1)59-62-60(41-31-32-47-46-21-8-9-26-53(46)65-54(47)35-41)64-61(63-59)51-22-7-6-20-45(51)44-19-5-4-18-43(44)42-33-40-30-29-38-16-11-24-49-48-23-10-15-36-27-28-37-17-12-25-50(57(37)55(36)48)52(34-42)58(40)56(38)49/h1-35H. The van der Waals surface area contributed by atoms with Gasteiger partial charge in [0.15, 0.2) is 17.5 Å². The number of thiophene rings is 1. The molecule has 0 saturated heterocycles. The van der Waals surface area contributed by atoms with E-state index < -0.39 is 0 Å². The van der Waals surface area contributed by atoms with Crippen molar-refractivity contribution >= 4 is 96.1 Å². The van der Waals surface area contributed by atoms with E-state index in [1.807, 2.05) is 18.2 Å². The molecule has 14 aromatic rings. The Kier molecular flexibility index (Phi) is 7.85. The van der Waals surface area contributed by atoms with Crippen LogP contribution in [0, 0.1) is 0 Å². The minimum atomic E-state index is 0.634. The first kappa shape index (κ1) is 36.2. The van der Waals surface area contributed by atoms with E-state index in [1.165, 1.54) is 84.8 Å². The molecule has 12 aromatic carbocycles. The second-order valence-corrected chi connectivity index (χ2v) is 18.1. The molecule has 0 atom stereocenters. The molecule has 2 aromatic heterocycles. The van der Waals surface area contributed by atoms with Crippen molar-refractivity contribution in [2.75, 3.05) is 0 Å². The average molecular weight is 842 g/mol. The Morgan fingerprint density at radius 3 is 1.43 bits per heavy atom. The Balaban J connectivity index is 1.01. The second-order valence-electron chi connectivity index (χ2n) is 17.0. The summed E-state index contributed by atoms with van der Waals surface area (Å²) in [7, 11) is 0. The highest BCUT2D eigenvalue weighted by Crippen LogP contribution is 2.46. The first-order valence-corrected chi connectivity index (χ1v) is 22.9. The highest BCUT2D eigenvalue weighted by molar-refractivity contribution is 7.25. The summed E-state index contributed by atoms with van der Waals surface area (Å²) >= 11 is 1.80. The van der Waals surface area contributed by atoms with E-state index >= 15 is 0 Å². The zero-order valence-electron chi connectivity index (χ0n) is 35.0. The normalized spacial score (nSPS) is 12.0. The van der Waals surface area contributed by atoms with Crippen molar-refractivity contribution in [1.82, 2.24) is 15.0 Å². The van der Waals surface area contributed by atoms with Gasteiger partial charge in [-0.25, -0.2) is 15.0 Å². The molecule has 0 spiro atoms. The van der Waals surface area contributed by atoms with E-state index in [-0.39, 0.29) is 0 Å². The van der Waals surface area contributed by atoms with Gasteiger partial charge in [-0.3, -0.25) is 0 Å². The monoisotopic (exact) mass is 841 g/mol. The zero-order valence-corrected chi connectivity index (χ0v) is 35.8. The highest BCUT2D eigenvalue weighted by Gasteiger charge is 2.21. The fourth-order valence-corrected chi connectivity index (χ4v) is 11.7. The lowest BCUT2D eigenvalue weighted by Crippen LogP contribution is -2.01. The molecule has 0 N–H and O–H groups in total. The molecule has 0 aliphatic rings. The van der Waals surface area contributed by atoms with Crippen molar-refractivity contribution < 1.29 is 0 Å². The van der Waals surface area contributed by atoms with Crippen LogP contribution >= 0.6 is 11.3 Å². The number of nitrogens with zero attached hydrogens (tertiary/aromatic N) is 3.